The lowest BCUT2D eigenvalue weighted by molar-refractivity contribution is -0.118. The number of hydrogen-bond donors (Lipinski definition) is 1. The van der Waals surface area contributed by atoms with Gasteiger partial charge >= 0.3 is 0 Å². The predicted molar refractivity (Wildman–Crippen MR) is 74.4 cm³/mol. The normalized spacial score (nSPS) is 31.9. The minimum absolute atomic E-state index is 0.157. The molecule has 1 aromatic heterocycles. The van der Waals surface area contributed by atoms with Crippen LogP contribution in [0.25, 0.3) is 0 Å². The van der Waals surface area contributed by atoms with Crippen molar-refractivity contribution in [2.75, 3.05) is 19.8 Å². The molecule has 20 heavy (non-hydrogen) atoms. The number of rotatable bonds is 3. The van der Waals surface area contributed by atoms with Crippen molar-refractivity contribution in [2.45, 2.75) is 44.3 Å². The van der Waals surface area contributed by atoms with Gasteiger partial charge in [0.2, 0.25) is 0 Å². The van der Waals surface area contributed by atoms with Gasteiger partial charge in [-0.05, 0) is 31.2 Å². The van der Waals surface area contributed by atoms with Gasteiger partial charge in [-0.2, -0.15) is 5.10 Å². The minimum Gasteiger partial charge on any atom is -0.387 e. The smallest absolute Gasteiger partial charge is 0.0986 e. The van der Waals surface area contributed by atoms with Gasteiger partial charge in [0.1, 0.15) is 0 Å². The van der Waals surface area contributed by atoms with Crippen molar-refractivity contribution >= 4 is 0 Å². The molecule has 0 aromatic carbocycles. The van der Waals surface area contributed by atoms with Crippen LogP contribution in [0.2, 0.25) is 0 Å². The number of aromatic nitrogens is 2. The van der Waals surface area contributed by atoms with E-state index in [1.54, 1.807) is 0 Å². The number of aliphatic hydroxyl groups is 1. The van der Waals surface area contributed by atoms with Crippen LogP contribution in [0.1, 0.15) is 43.7 Å². The molecule has 5 nitrogen and oxygen atoms in total. The molecule has 5 heteroatoms. The van der Waals surface area contributed by atoms with E-state index in [1.807, 2.05) is 17.8 Å². The van der Waals surface area contributed by atoms with Gasteiger partial charge in [0.05, 0.1) is 29.7 Å². The Morgan fingerprint density at radius 3 is 3.05 bits per heavy atom. The summed E-state index contributed by atoms with van der Waals surface area (Å²) in [7, 11) is 1.91. The van der Waals surface area contributed by atoms with E-state index in [4.69, 9.17) is 9.47 Å². The highest BCUT2D eigenvalue weighted by atomic mass is 16.6. The van der Waals surface area contributed by atoms with Crippen LogP contribution in [0, 0.1) is 5.92 Å². The van der Waals surface area contributed by atoms with E-state index in [0.29, 0.717) is 13.2 Å². The zero-order chi connectivity index (χ0) is 14.2. The van der Waals surface area contributed by atoms with Crippen LogP contribution < -0.4 is 0 Å². The van der Waals surface area contributed by atoms with E-state index in [1.165, 1.54) is 0 Å². The molecule has 2 saturated heterocycles. The van der Waals surface area contributed by atoms with E-state index < -0.39 is 6.10 Å². The number of hydrogen-bond acceptors (Lipinski definition) is 4. The Balaban J connectivity index is 1.75. The van der Waals surface area contributed by atoms with Gasteiger partial charge in [-0.25, -0.2) is 0 Å². The monoisotopic (exact) mass is 280 g/mol. The number of nitrogens with zero attached hydrogens (tertiary/aromatic N) is 2. The van der Waals surface area contributed by atoms with E-state index >= 15 is 0 Å². The average molecular weight is 280 g/mol. The maximum atomic E-state index is 10.7. The maximum absolute atomic E-state index is 10.7. The highest BCUT2D eigenvalue weighted by molar-refractivity contribution is 5.14. The van der Waals surface area contributed by atoms with Crippen LogP contribution >= 0.6 is 0 Å². The summed E-state index contributed by atoms with van der Waals surface area (Å²) in [5, 5.41) is 15.2. The first-order valence-corrected chi connectivity index (χ1v) is 7.56. The molecule has 1 spiro atoms. The summed E-state index contributed by atoms with van der Waals surface area (Å²) in [4.78, 5) is 0. The summed E-state index contributed by atoms with van der Waals surface area (Å²) >= 11 is 0. The van der Waals surface area contributed by atoms with Gasteiger partial charge in [0, 0.05) is 26.7 Å². The van der Waals surface area contributed by atoms with Crippen LogP contribution in [0.3, 0.4) is 0 Å². The Bertz CT molecular complexity index is 466. The lowest BCUT2D eigenvalue weighted by Crippen LogP contribution is -2.42. The van der Waals surface area contributed by atoms with Crippen LogP contribution in [-0.2, 0) is 22.9 Å². The summed E-state index contributed by atoms with van der Waals surface area (Å²) in [6.45, 7) is 4.23. The molecule has 3 heterocycles. The lowest BCUT2D eigenvalue weighted by Gasteiger charge is -2.38. The van der Waals surface area contributed by atoms with E-state index in [-0.39, 0.29) is 11.5 Å². The van der Waals surface area contributed by atoms with E-state index in [2.05, 4.69) is 12.0 Å². The molecule has 2 aliphatic rings. The molecule has 3 unspecified atom stereocenters. The SMILES string of the molecule is CCc1cc(C(O)C2CCOC3(CCOC3)C2)n(C)n1. The average Bonchev–Trinajstić information content (AvgIpc) is 3.05. The van der Waals surface area contributed by atoms with Crippen molar-refractivity contribution < 1.29 is 14.6 Å². The standard InChI is InChI=1S/C15H24N2O3/c1-3-12-8-13(17(2)16-12)14(18)11-4-6-20-15(9-11)5-7-19-10-15/h8,11,14,18H,3-7,9-10H2,1-2H3. The van der Waals surface area contributed by atoms with E-state index in [0.717, 1.165) is 43.7 Å². The first kappa shape index (κ1) is 14.0. The second-order valence-electron chi connectivity index (χ2n) is 6.07. The molecule has 0 bridgehead atoms. The molecule has 1 aromatic rings. The molecule has 112 valence electrons. The molecule has 2 fully saturated rings. The fraction of sp³-hybridized carbons (Fsp3) is 0.800. The number of aryl methyl sites for hydroxylation is 2. The van der Waals surface area contributed by atoms with Gasteiger partial charge in [-0.3, -0.25) is 4.68 Å². The summed E-state index contributed by atoms with van der Waals surface area (Å²) in [5.74, 6) is 0.227. The van der Waals surface area contributed by atoms with Crippen molar-refractivity contribution in [3.8, 4) is 0 Å². The highest BCUT2D eigenvalue weighted by Crippen LogP contribution is 2.40. The zero-order valence-corrected chi connectivity index (χ0v) is 12.3. The summed E-state index contributed by atoms with van der Waals surface area (Å²) < 4.78 is 13.2. The van der Waals surface area contributed by atoms with Gasteiger partial charge in [0.25, 0.3) is 0 Å². The quantitative estimate of drug-likeness (QED) is 0.914. The fourth-order valence-corrected chi connectivity index (χ4v) is 3.43. The first-order valence-electron chi connectivity index (χ1n) is 7.56. The van der Waals surface area contributed by atoms with Gasteiger partial charge in [0.15, 0.2) is 0 Å². The number of ether oxygens (including phenoxy) is 2. The Labute approximate surface area is 119 Å². The molecule has 0 amide bonds. The Morgan fingerprint density at radius 2 is 2.40 bits per heavy atom. The molecule has 0 aliphatic carbocycles. The Kier molecular flexibility index (Phi) is 3.84. The highest BCUT2D eigenvalue weighted by Gasteiger charge is 2.43. The molecule has 0 radical (unpaired) electrons. The van der Waals surface area contributed by atoms with Gasteiger partial charge in [-0.15, -0.1) is 0 Å². The van der Waals surface area contributed by atoms with Crippen LogP contribution in [-0.4, -0.2) is 40.3 Å². The second-order valence-corrected chi connectivity index (χ2v) is 6.07. The molecule has 3 rings (SSSR count). The Hall–Kier alpha value is -0.910. The van der Waals surface area contributed by atoms with E-state index in [9.17, 15) is 5.11 Å². The summed E-state index contributed by atoms with van der Waals surface area (Å²) in [5.41, 5.74) is 1.80. The molecule has 3 atom stereocenters. The maximum Gasteiger partial charge on any atom is 0.0986 e. The molecule has 2 aliphatic heterocycles. The fourth-order valence-electron chi connectivity index (χ4n) is 3.43. The number of aliphatic hydroxyl groups excluding tert-OH is 1. The Morgan fingerprint density at radius 1 is 1.55 bits per heavy atom. The van der Waals surface area contributed by atoms with Crippen molar-refractivity contribution in [2.24, 2.45) is 13.0 Å². The van der Waals surface area contributed by atoms with Crippen LogP contribution in [0.15, 0.2) is 6.07 Å². The third kappa shape index (κ3) is 2.50. The predicted octanol–water partition coefficient (Wildman–Crippen LogP) is 1.60. The van der Waals surface area contributed by atoms with Gasteiger partial charge in [-0.1, -0.05) is 6.92 Å². The van der Waals surface area contributed by atoms with Crippen LogP contribution in [0.4, 0.5) is 0 Å². The van der Waals surface area contributed by atoms with Gasteiger partial charge < -0.3 is 14.6 Å². The van der Waals surface area contributed by atoms with Crippen molar-refractivity contribution in [3.63, 3.8) is 0 Å². The van der Waals surface area contributed by atoms with Crippen molar-refractivity contribution in [3.05, 3.63) is 17.5 Å². The topological polar surface area (TPSA) is 56.5 Å². The first-order chi connectivity index (χ1) is 9.63. The third-order valence-corrected chi connectivity index (χ3v) is 4.68. The summed E-state index contributed by atoms with van der Waals surface area (Å²) in [6.07, 6.45) is 3.15. The largest absolute Gasteiger partial charge is 0.387 e. The summed E-state index contributed by atoms with van der Waals surface area (Å²) in [6, 6.07) is 2.03. The molecular weight excluding hydrogens is 256 g/mol. The van der Waals surface area contributed by atoms with Crippen molar-refractivity contribution in [1.82, 2.24) is 9.78 Å². The molecule has 0 saturated carbocycles. The van der Waals surface area contributed by atoms with Crippen molar-refractivity contribution in [1.29, 1.82) is 0 Å². The third-order valence-electron chi connectivity index (χ3n) is 4.68. The second kappa shape index (κ2) is 5.47. The zero-order valence-electron chi connectivity index (χ0n) is 12.3. The minimum atomic E-state index is -0.464. The van der Waals surface area contributed by atoms with Crippen LogP contribution in [0.5, 0.6) is 0 Å². The lowest BCUT2D eigenvalue weighted by atomic mass is 9.81. The molecule has 1 N–H and O–H groups in total. The molecular formula is C15H24N2O3.